The zero-order valence-corrected chi connectivity index (χ0v) is 13.4. The molecule has 0 saturated carbocycles. The van der Waals surface area contributed by atoms with Gasteiger partial charge >= 0.3 is 5.97 Å². The zero-order chi connectivity index (χ0) is 15.6. The van der Waals surface area contributed by atoms with E-state index in [-0.39, 0.29) is 11.2 Å². The Labute approximate surface area is 127 Å². The summed E-state index contributed by atoms with van der Waals surface area (Å²) in [6.45, 7) is 6.82. The third-order valence-electron chi connectivity index (χ3n) is 3.02. The quantitative estimate of drug-likeness (QED) is 0.843. The Kier molecular flexibility index (Phi) is 4.36. The van der Waals surface area contributed by atoms with Crippen LogP contribution in [-0.2, 0) is 23.8 Å². The second kappa shape index (κ2) is 5.88. The van der Waals surface area contributed by atoms with Crippen molar-refractivity contribution in [1.82, 2.24) is 24.3 Å². The van der Waals surface area contributed by atoms with Crippen LogP contribution < -0.4 is 0 Å². The molecule has 7 nitrogen and oxygen atoms in total. The Morgan fingerprint density at radius 2 is 2.14 bits per heavy atom. The summed E-state index contributed by atoms with van der Waals surface area (Å²) in [6.07, 6.45) is 3.45. The van der Waals surface area contributed by atoms with Crippen LogP contribution in [0.2, 0.25) is 0 Å². The normalized spacial score (nSPS) is 11.8. The first-order valence-electron chi connectivity index (χ1n) is 6.52. The molecule has 2 aromatic rings. The van der Waals surface area contributed by atoms with Gasteiger partial charge in [0.1, 0.15) is 6.33 Å². The van der Waals surface area contributed by atoms with Crippen molar-refractivity contribution in [3.8, 4) is 0 Å². The van der Waals surface area contributed by atoms with Crippen molar-refractivity contribution in [2.75, 3.05) is 5.75 Å². The molecule has 0 aliphatic carbocycles. The van der Waals surface area contributed by atoms with Crippen molar-refractivity contribution in [1.29, 1.82) is 0 Å². The minimum atomic E-state index is -0.856. The van der Waals surface area contributed by atoms with Gasteiger partial charge in [0.2, 0.25) is 0 Å². The molecule has 0 aromatic carbocycles. The molecule has 0 fully saturated rings. The number of imidazole rings is 1. The van der Waals surface area contributed by atoms with Crippen LogP contribution in [0.4, 0.5) is 0 Å². The van der Waals surface area contributed by atoms with E-state index in [9.17, 15) is 4.79 Å². The largest absolute Gasteiger partial charge is 0.481 e. The Morgan fingerprint density at radius 3 is 2.67 bits per heavy atom. The van der Waals surface area contributed by atoms with E-state index in [2.05, 4.69) is 36.0 Å². The predicted molar refractivity (Wildman–Crippen MR) is 79.4 cm³/mol. The van der Waals surface area contributed by atoms with Gasteiger partial charge in [0.15, 0.2) is 11.0 Å². The molecule has 0 aliphatic heterocycles. The highest BCUT2D eigenvalue weighted by molar-refractivity contribution is 7.99. The first-order chi connectivity index (χ1) is 9.79. The second-order valence-corrected chi connectivity index (χ2v) is 6.75. The monoisotopic (exact) mass is 309 g/mol. The average Bonchev–Trinajstić information content (AvgIpc) is 2.94. The molecular formula is C13H19N5O2S. The lowest BCUT2D eigenvalue weighted by atomic mass is 9.92. The maximum Gasteiger partial charge on any atom is 0.313 e. The predicted octanol–water partition coefficient (Wildman–Crippen LogP) is 1.53. The fraction of sp³-hybridized carbons (Fsp3) is 0.538. The standard InChI is InChI=1S/C13H19N5O2S/c1-13(2,3)9-5-14-12(21-7-11(19)20)18(9)6-10-16-15-8-17(10)4/h5,8H,6-7H2,1-4H3,(H,19,20). The highest BCUT2D eigenvalue weighted by Crippen LogP contribution is 2.28. The number of aliphatic carboxylic acids is 1. The lowest BCUT2D eigenvalue weighted by molar-refractivity contribution is -0.133. The van der Waals surface area contributed by atoms with Crippen LogP contribution in [0.25, 0.3) is 0 Å². The summed E-state index contributed by atoms with van der Waals surface area (Å²) in [6, 6.07) is 0. The number of aryl methyl sites for hydroxylation is 1. The fourth-order valence-corrected chi connectivity index (χ4v) is 2.64. The van der Waals surface area contributed by atoms with E-state index in [1.165, 1.54) is 11.8 Å². The van der Waals surface area contributed by atoms with Crippen molar-refractivity contribution < 1.29 is 9.90 Å². The lowest BCUT2D eigenvalue weighted by Gasteiger charge is -2.21. The first kappa shape index (κ1) is 15.6. The highest BCUT2D eigenvalue weighted by Gasteiger charge is 2.23. The zero-order valence-electron chi connectivity index (χ0n) is 12.6. The molecule has 0 bridgehead atoms. The number of nitrogens with zero attached hydrogens (tertiary/aromatic N) is 5. The number of aromatic nitrogens is 5. The highest BCUT2D eigenvalue weighted by atomic mass is 32.2. The van der Waals surface area contributed by atoms with Crippen LogP contribution in [0.5, 0.6) is 0 Å². The molecule has 0 unspecified atom stereocenters. The summed E-state index contributed by atoms with van der Waals surface area (Å²) in [7, 11) is 1.88. The van der Waals surface area contributed by atoms with E-state index in [0.29, 0.717) is 11.7 Å². The summed E-state index contributed by atoms with van der Waals surface area (Å²) < 4.78 is 3.86. The Bertz CT molecular complexity index is 641. The van der Waals surface area contributed by atoms with Crippen LogP contribution in [0.3, 0.4) is 0 Å². The van der Waals surface area contributed by atoms with E-state index in [1.54, 1.807) is 12.5 Å². The molecule has 21 heavy (non-hydrogen) atoms. The van der Waals surface area contributed by atoms with E-state index >= 15 is 0 Å². The van der Waals surface area contributed by atoms with E-state index in [0.717, 1.165) is 11.5 Å². The Morgan fingerprint density at radius 1 is 1.43 bits per heavy atom. The molecule has 114 valence electrons. The van der Waals surface area contributed by atoms with Crippen molar-refractivity contribution in [3.05, 3.63) is 24.0 Å². The third-order valence-corrected chi connectivity index (χ3v) is 3.99. The number of hydrogen-bond acceptors (Lipinski definition) is 5. The van der Waals surface area contributed by atoms with E-state index < -0.39 is 5.97 Å². The molecule has 1 N–H and O–H groups in total. The summed E-state index contributed by atoms with van der Waals surface area (Å²) in [5, 5.41) is 17.5. The number of carbonyl (C=O) groups is 1. The molecule has 2 rings (SSSR count). The van der Waals surface area contributed by atoms with Gasteiger partial charge in [-0.3, -0.25) is 4.79 Å². The van der Waals surface area contributed by atoms with Gasteiger partial charge in [0.05, 0.1) is 12.3 Å². The molecule has 0 radical (unpaired) electrons. The van der Waals surface area contributed by atoms with Gasteiger partial charge in [0.25, 0.3) is 0 Å². The Hall–Kier alpha value is -1.83. The Balaban J connectivity index is 2.36. The van der Waals surface area contributed by atoms with Gasteiger partial charge in [-0.1, -0.05) is 32.5 Å². The maximum atomic E-state index is 10.8. The maximum absolute atomic E-state index is 10.8. The van der Waals surface area contributed by atoms with Crippen LogP contribution in [-0.4, -0.2) is 41.1 Å². The smallest absolute Gasteiger partial charge is 0.313 e. The average molecular weight is 309 g/mol. The molecule has 0 saturated heterocycles. The number of rotatable bonds is 5. The van der Waals surface area contributed by atoms with Gasteiger partial charge in [-0.05, 0) is 0 Å². The number of carboxylic acid groups (broad SMARTS) is 1. The van der Waals surface area contributed by atoms with Crippen molar-refractivity contribution in [2.24, 2.45) is 7.05 Å². The van der Waals surface area contributed by atoms with E-state index in [1.807, 2.05) is 16.2 Å². The number of carboxylic acids is 1. The molecule has 2 heterocycles. The summed E-state index contributed by atoms with van der Waals surface area (Å²) >= 11 is 1.21. The van der Waals surface area contributed by atoms with Gasteiger partial charge in [0, 0.05) is 24.4 Å². The summed E-state index contributed by atoms with van der Waals surface area (Å²) in [5.41, 5.74) is 0.951. The third kappa shape index (κ3) is 3.63. The van der Waals surface area contributed by atoms with Crippen molar-refractivity contribution in [3.63, 3.8) is 0 Å². The van der Waals surface area contributed by atoms with Gasteiger partial charge in [-0.15, -0.1) is 10.2 Å². The summed E-state index contributed by atoms with van der Waals surface area (Å²) in [5.74, 6) is -0.0689. The van der Waals surface area contributed by atoms with Crippen molar-refractivity contribution in [2.45, 2.75) is 37.9 Å². The number of hydrogen-bond donors (Lipinski definition) is 1. The molecule has 0 spiro atoms. The molecule has 8 heteroatoms. The minimum Gasteiger partial charge on any atom is -0.481 e. The SMILES string of the molecule is Cn1cnnc1Cn1c(C(C)(C)C)cnc1SCC(=O)O. The van der Waals surface area contributed by atoms with Crippen LogP contribution in [0.1, 0.15) is 32.3 Å². The second-order valence-electron chi connectivity index (χ2n) is 5.80. The molecule has 0 atom stereocenters. The van der Waals surface area contributed by atoms with Gasteiger partial charge in [-0.25, -0.2) is 4.98 Å². The van der Waals surface area contributed by atoms with Gasteiger partial charge < -0.3 is 14.2 Å². The van der Waals surface area contributed by atoms with Crippen LogP contribution in [0.15, 0.2) is 17.7 Å². The summed E-state index contributed by atoms with van der Waals surface area (Å²) in [4.78, 5) is 15.1. The minimum absolute atomic E-state index is 0.0145. The van der Waals surface area contributed by atoms with Gasteiger partial charge in [-0.2, -0.15) is 0 Å². The van der Waals surface area contributed by atoms with Crippen molar-refractivity contribution >= 4 is 17.7 Å². The topological polar surface area (TPSA) is 85.8 Å². The van der Waals surface area contributed by atoms with E-state index in [4.69, 9.17) is 5.11 Å². The molecule has 2 aromatic heterocycles. The first-order valence-corrected chi connectivity index (χ1v) is 7.51. The lowest BCUT2D eigenvalue weighted by Crippen LogP contribution is -2.20. The van der Waals surface area contributed by atoms with Crippen LogP contribution in [0, 0.1) is 0 Å². The molecule has 0 amide bonds. The van der Waals surface area contributed by atoms with Crippen LogP contribution >= 0.6 is 11.8 Å². The fourth-order valence-electron chi connectivity index (χ4n) is 1.94. The number of thioether (sulfide) groups is 1. The molecule has 0 aliphatic rings. The molecular weight excluding hydrogens is 290 g/mol.